The summed E-state index contributed by atoms with van der Waals surface area (Å²) in [6.07, 6.45) is 8.11. The third kappa shape index (κ3) is 4.57. The molecule has 0 fully saturated rings. The molecule has 0 heterocycles. The minimum Gasteiger partial charge on any atom is -0.377 e. The van der Waals surface area contributed by atoms with E-state index in [1.807, 2.05) is 0 Å². The molecule has 0 aromatic rings. The van der Waals surface area contributed by atoms with Gasteiger partial charge in [0, 0.05) is 7.11 Å². The molecule has 0 amide bonds. The molecule has 1 heteroatoms. The molecule has 0 aromatic heterocycles. The Balaban J connectivity index is 3.40. The van der Waals surface area contributed by atoms with Crippen molar-refractivity contribution in [3.05, 3.63) is 12.2 Å². The van der Waals surface area contributed by atoms with Gasteiger partial charge in [0.25, 0.3) is 0 Å². The highest BCUT2D eigenvalue weighted by atomic mass is 16.5. The first-order valence-electron chi connectivity index (χ1n) is 4.04. The first-order chi connectivity index (χ1) is 4.85. The van der Waals surface area contributed by atoms with Crippen molar-refractivity contribution in [3.63, 3.8) is 0 Å². The summed E-state index contributed by atoms with van der Waals surface area (Å²) in [5.41, 5.74) is 0. The number of ether oxygens (including phenoxy) is 1. The molecular formula is C9H18O. The number of hydrogen-bond acceptors (Lipinski definition) is 1. The molecule has 0 N–H and O–H groups in total. The lowest BCUT2D eigenvalue weighted by Gasteiger charge is -2.05. The second-order valence-corrected chi connectivity index (χ2v) is 2.40. The van der Waals surface area contributed by atoms with Gasteiger partial charge in [-0.05, 0) is 12.8 Å². The smallest absolute Gasteiger partial charge is 0.0749 e. The number of rotatable bonds is 5. The Morgan fingerprint density at radius 3 is 2.50 bits per heavy atom. The summed E-state index contributed by atoms with van der Waals surface area (Å²) < 4.78 is 5.16. The molecule has 0 aliphatic heterocycles. The van der Waals surface area contributed by atoms with Gasteiger partial charge >= 0.3 is 0 Å². The zero-order valence-electron chi connectivity index (χ0n) is 7.26. The van der Waals surface area contributed by atoms with Crippen LogP contribution in [0.4, 0.5) is 0 Å². The molecular weight excluding hydrogens is 124 g/mol. The van der Waals surface area contributed by atoms with Crippen molar-refractivity contribution < 1.29 is 4.74 Å². The van der Waals surface area contributed by atoms with Gasteiger partial charge in [-0.25, -0.2) is 0 Å². The van der Waals surface area contributed by atoms with Gasteiger partial charge in [0.1, 0.15) is 0 Å². The first-order valence-corrected chi connectivity index (χ1v) is 4.04. The van der Waals surface area contributed by atoms with Gasteiger partial charge in [0.15, 0.2) is 0 Å². The van der Waals surface area contributed by atoms with Gasteiger partial charge < -0.3 is 4.74 Å². The predicted molar refractivity (Wildman–Crippen MR) is 45.1 cm³/mol. The summed E-state index contributed by atoms with van der Waals surface area (Å²) in [5.74, 6) is 0. The highest BCUT2D eigenvalue weighted by molar-refractivity contribution is 4.88. The quantitative estimate of drug-likeness (QED) is 0.536. The molecule has 0 rings (SSSR count). The highest BCUT2D eigenvalue weighted by Gasteiger charge is 1.94. The van der Waals surface area contributed by atoms with E-state index in [9.17, 15) is 0 Å². The van der Waals surface area contributed by atoms with Crippen LogP contribution in [0.25, 0.3) is 0 Å². The monoisotopic (exact) mass is 142 g/mol. The minimum absolute atomic E-state index is 0.326. The Morgan fingerprint density at radius 2 is 2.10 bits per heavy atom. The van der Waals surface area contributed by atoms with Crippen LogP contribution < -0.4 is 0 Å². The minimum atomic E-state index is 0.326. The lowest BCUT2D eigenvalue weighted by atomic mass is 10.2. The maximum absolute atomic E-state index is 5.16. The third-order valence-corrected chi connectivity index (χ3v) is 1.51. The standard InChI is InChI=1S/C9H18O/c1-4-6-7-8-9(5-2)10-3/h7-9H,4-6H2,1-3H3/b8-7+. The van der Waals surface area contributed by atoms with Gasteiger partial charge in [0.2, 0.25) is 0 Å². The number of unbranched alkanes of at least 4 members (excludes halogenated alkanes) is 1. The number of hydrogen-bond donors (Lipinski definition) is 0. The molecule has 0 bridgehead atoms. The van der Waals surface area contributed by atoms with Gasteiger partial charge in [-0.1, -0.05) is 32.4 Å². The van der Waals surface area contributed by atoms with E-state index in [2.05, 4.69) is 26.0 Å². The lowest BCUT2D eigenvalue weighted by Crippen LogP contribution is -2.03. The number of methoxy groups -OCH3 is 1. The molecule has 0 aromatic carbocycles. The molecule has 10 heavy (non-hydrogen) atoms. The van der Waals surface area contributed by atoms with E-state index in [0.29, 0.717) is 6.10 Å². The fourth-order valence-corrected chi connectivity index (χ4v) is 0.796. The van der Waals surface area contributed by atoms with Gasteiger partial charge in [-0.2, -0.15) is 0 Å². The molecule has 1 unspecified atom stereocenters. The predicted octanol–water partition coefficient (Wildman–Crippen LogP) is 2.77. The van der Waals surface area contributed by atoms with Crippen molar-refractivity contribution in [2.75, 3.05) is 7.11 Å². The topological polar surface area (TPSA) is 9.23 Å². The van der Waals surface area contributed by atoms with E-state index in [-0.39, 0.29) is 0 Å². The van der Waals surface area contributed by atoms with Crippen LogP contribution in [0.2, 0.25) is 0 Å². The van der Waals surface area contributed by atoms with Crippen LogP contribution >= 0.6 is 0 Å². The number of allylic oxidation sites excluding steroid dienone is 1. The largest absolute Gasteiger partial charge is 0.377 e. The van der Waals surface area contributed by atoms with Crippen LogP contribution in [0, 0.1) is 0 Å². The maximum Gasteiger partial charge on any atom is 0.0749 e. The summed E-state index contributed by atoms with van der Waals surface area (Å²) in [4.78, 5) is 0. The van der Waals surface area contributed by atoms with E-state index in [1.165, 1.54) is 12.8 Å². The maximum atomic E-state index is 5.16. The fourth-order valence-electron chi connectivity index (χ4n) is 0.796. The summed E-state index contributed by atoms with van der Waals surface area (Å²) in [6, 6.07) is 0. The van der Waals surface area contributed by atoms with Crippen molar-refractivity contribution in [3.8, 4) is 0 Å². The Hall–Kier alpha value is -0.300. The lowest BCUT2D eigenvalue weighted by molar-refractivity contribution is 0.138. The van der Waals surface area contributed by atoms with Crippen LogP contribution in [-0.4, -0.2) is 13.2 Å². The first kappa shape index (κ1) is 9.70. The normalized spacial score (nSPS) is 14.3. The van der Waals surface area contributed by atoms with Crippen molar-refractivity contribution in [2.24, 2.45) is 0 Å². The van der Waals surface area contributed by atoms with E-state index < -0.39 is 0 Å². The second kappa shape index (κ2) is 6.81. The molecule has 60 valence electrons. The average molecular weight is 142 g/mol. The van der Waals surface area contributed by atoms with Crippen LogP contribution in [0.1, 0.15) is 33.1 Å². The van der Waals surface area contributed by atoms with Crippen LogP contribution in [0.15, 0.2) is 12.2 Å². The second-order valence-electron chi connectivity index (χ2n) is 2.40. The summed E-state index contributed by atoms with van der Waals surface area (Å²) in [7, 11) is 1.75. The summed E-state index contributed by atoms with van der Waals surface area (Å²) >= 11 is 0. The van der Waals surface area contributed by atoms with Gasteiger partial charge in [0.05, 0.1) is 6.10 Å². The Morgan fingerprint density at radius 1 is 1.40 bits per heavy atom. The molecule has 0 aliphatic carbocycles. The van der Waals surface area contributed by atoms with Crippen LogP contribution in [-0.2, 0) is 4.74 Å². The Bertz CT molecular complexity index is 82.7. The molecule has 0 aliphatic rings. The van der Waals surface area contributed by atoms with E-state index in [1.54, 1.807) is 7.11 Å². The zero-order valence-corrected chi connectivity index (χ0v) is 7.26. The third-order valence-electron chi connectivity index (χ3n) is 1.51. The summed E-state index contributed by atoms with van der Waals surface area (Å²) in [5, 5.41) is 0. The van der Waals surface area contributed by atoms with Gasteiger partial charge in [-0.3, -0.25) is 0 Å². The Kier molecular flexibility index (Phi) is 6.61. The summed E-state index contributed by atoms with van der Waals surface area (Å²) in [6.45, 7) is 4.31. The molecule has 1 atom stereocenters. The molecule has 0 spiro atoms. The highest BCUT2D eigenvalue weighted by Crippen LogP contribution is 1.99. The van der Waals surface area contributed by atoms with E-state index >= 15 is 0 Å². The van der Waals surface area contributed by atoms with Crippen LogP contribution in [0.5, 0.6) is 0 Å². The average Bonchev–Trinajstić information content (AvgIpc) is 1.99. The Labute approximate surface area is 64.1 Å². The molecule has 0 radical (unpaired) electrons. The van der Waals surface area contributed by atoms with Crippen molar-refractivity contribution >= 4 is 0 Å². The van der Waals surface area contributed by atoms with Crippen LogP contribution in [0.3, 0.4) is 0 Å². The van der Waals surface area contributed by atoms with Crippen molar-refractivity contribution in [1.82, 2.24) is 0 Å². The molecule has 0 saturated heterocycles. The van der Waals surface area contributed by atoms with E-state index in [4.69, 9.17) is 4.74 Å². The van der Waals surface area contributed by atoms with E-state index in [0.717, 1.165) is 6.42 Å². The van der Waals surface area contributed by atoms with Crippen molar-refractivity contribution in [1.29, 1.82) is 0 Å². The fraction of sp³-hybridized carbons (Fsp3) is 0.778. The zero-order chi connectivity index (χ0) is 7.82. The van der Waals surface area contributed by atoms with Gasteiger partial charge in [-0.15, -0.1) is 0 Å². The molecule has 0 saturated carbocycles. The SMILES string of the molecule is CCC/C=C/C(CC)OC. The van der Waals surface area contributed by atoms with Crippen molar-refractivity contribution in [2.45, 2.75) is 39.2 Å². The molecule has 1 nitrogen and oxygen atoms in total.